The highest BCUT2D eigenvalue weighted by Crippen LogP contribution is 2.21. The fourth-order valence-electron chi connectivity index (χ4n) is 2.18. The molecule has 6 nitrogen and oxygen atoms in total. The summed E-state index contributed by atoms with van der Waals surface area (Å²) in [5.74, 6) is 1.88. The summed E-state index contributed by atoms with van der Waals surface area (Å²) in [6.07, 6.45) is 2.04. The SMILES string of the molecule is COCc1nnc2sc(CC(CN)CC(C)C)nn12. The van der Waals surface area contributed by atoms with E-state index in [0.29, 0.717) is 25.0 Å². The molecule has 2 aromatic heterocycles. The van der Waals surface area contributed by atoms with Gasteiger partial charge in [0.1, 0.15) is 11.6 Å². The van der Waals surface area contributed by atoms with Crippen molar-refractivity contribution in [1.29, 1.82) is 0 Å². The van der Waals surface area contributed by atoms with Gasteiger partial charge in [-0.25, -0.2) is 0 Å². The van der Waals surface area contributed by atoms with E-state index in [1.807, 2.05) is 0 Å². The number of fused-ring (bicyclic) bond motifs is 1. The molecule has 0 radical (unpaired) electrons. The molecule has 0 saturated heterocycles. The molecule has 7 heteroatoms. The van der Waals surface area contributed by atoms with Crippen LogP contribution in [0.1, 0.15) is 31.1 Å². The Bertz CT molecular complexity index is 521. The Morgan fingerprint density at radius 2 is 2.16 bits per heavy atom. The molecule has 0 amide bonds. The van der Waals surface area contributed by atoms with Gasteiger partial charge in [0, 0.05) is 13.5 Å². The molecule has 0 fully saturated rings. The van der Waals surface area contributed by atoms with Crippen LogP contribution in [0.2, 0.25) is 0 Å². The summed E-state index contributed by atoms with van der Waals surface area (Å²) in [5, 5.41) is 13.8. The molecule has 0 spiro atoms. The van der Waals surface area contributed by atoms with Crippen molar-refractivity contribution >= 4 is 16.3 Å². The topological polar surface area (TPSA) is 78.3 Å². The van der Waals surface area contributed by atoms with Gasteiger partial charge in [0.25, 0.3) is 0 Å². The zero-order valence-corrected chi connectivity index (χ0v) is 12.5. The maximum absolute atomic E-state index is 5.84. The molecule has 2 rings (SSSR count). The smallest absolute Gasteiger partial charge is 0.234 e. The van der Waals surface area contributed by atoms with E-state index in [9.17, 15) is 0 Å². The van der Waals surface area contributed by atoms with Crippen molar-refractivity contribution in [3.05, 3.63) is 10.8 Å². The summed E-state index contributed by atoms with van der Waals surface area (Å²) in [6, 6.07) is 0. The second-order valence-electron chi connectivity index (χ2n) is 5.17. The molecule has 2 heterocycles. The van der Waals surface area contributed by atoms with E-state index in [4.69, 9.17) is 10.5 Å². The van der Waals surface area contributed by atoms with Gasteiger partial charge in [-0.05, 0) is 24.8 Å². The van der Waals surface area contributed by atoms with Crippen molar-refractivity contribution in [2.75, 3.05) is 13.7 Å². The molecule has 0 aliphatic carbocycles. The van der Waals surface area contributed by atoms with E-state index in [0.717, 1.165) is 28.6 Å². The van der Waals surface area contributed by atoms with Crippen LogP contribution in [0.3, 0.4) is 0 Å². The van der Waals surface area contributed by atoms with Crippen LogP contribution in [0.25, 0.3) is 4.96 Å². The summed E-state index contributed by atoms with van der Waals surface area (Å²) in [6.45, 7) is 5.57. The Hall–Kier alpha value is -1.05. The monoisotopic (exact) mass is 283 g/mol. The van der Waals surface area contributed by atoms with Gasteiger partial charge in [-0.2, -0.15) is 9.61 Å². The highest BCUT2D eigenvalue weighted by molar-refractivity contribution is 7.16. The molecular weight excluding hydrogens is 262 g/mol. The van der Waals surface area contributed by atoms with Gasteiger partial charge in [0.2, 0.25) is 4.96 Å². The fourth-order valence-corrected chi connectivity index (χ4v) is 3.14. The van der Waals surface area contributed by atoms with Gasteiger partial charge >= 0.3 is 0 Å². The van der Waals surface area contributed by atoms with Crippen molar-refractivity contribution in [1.82, 2.24) is 19.8 Å². The van der Waals surface area contributed by atoms with Crippen molar-refractivity contribution in [2.45, 2.75) is 33.3 Å². The normalized spacial score (nSPS) is 13.5. The molecule has 0 aliphatic rings. The molecule has 0 bridgehead atoms. The summed E-state index contributed by atoms with van der Waals surface area (Å²) < 4.78 is 6.85. The Kier molecular flexibility index (Phi) is 4.84. The van der Waals surface area contributed by atoms with Gasteiger partial charge < -0.3 is 10.5 Å². The Morgan fingerprint density at radius 1 is 1.37 bits per heavy atom. The second kappa shape index (κ2) is 6.40. The minimum absolute atomic E-state index is 0.427. The third kappa shape index (κ3) is 3.49. The van der Waals surface area contributed by atoms with E-state index in [-0.39, 0.29) is 0 Å². The molecule has 0 aromatic carbocycles. The lowest BCUT2D eigenvalue weighted by Gasteiger charge is -2.14. The predicted octanol–water partition coefficient (Wildman–Crippen LogP) is 1.50. The number of hydrogen-bond acceptors (Lipinski definition) is 6. The molecule has 1 atom stereocenters. The summed E-state index contributed by atoms with van der Waals surface area (Å²) >= 11 is 1.58. The molecule has 19 heavy (non-hydrogen) atoms. The quantitative estimate of drug-likeness (QED) is 0.833. The molecule has 1 unspecified atom stereocenters. The predicted molar refractivity (Wildman–Crippen MR) is 75.1 cm³/mol. The zero-order chi connectivity index (χ0) is 13.8. The molecule has 2 N–H and O–H groups in total. The Labute approximate surface area is 117 Å². The Balaban J connectivity index is 2.12. The summed E-state index contributed by atoms with van der Waals surface area (Å²) in [4.78, 5) is 0.822. The second-order valence-corrected chi connectivity index (χ2v) is 6.22. The van der Waals surface area contributed by atoms with Crippen LogP contribution < -0.4 is 5.73 Å². The number of aromatic nitrogens is 4. The minimum Gasteiger partial charge on any atom is -0.377 e. The Morgan fingerprint density at radius 3 is 2.79 bits per heavy atom. The van der Waals surface area contributed by atoms with Gasteiger partial charge in [0.05, 0.1) is 0 Å². The number of hydrogen-bond donors (Lipinski definition) is 1. The third-order valence-electron chi connectivity index (χ3n) is 2.97. The number of rotatable bonds is 7. The summed E-state index contributed by atoms with van der Waals surface area (Å²) in [7, 11) is 1.64. The first kappa shape index (κ1) is 14.4. The highest BCUT2D eigenvalue weighted by atomic mass is 32.1. The van der Waals surface area contributed by atoms with Crippen molar-refractivity contribution in [3.63, 3.8) is 0 Å². The van der Waals surface area contributed by atoms with Gasteiger partial charge in [0.15, 0.2) is 5.82 Å². The number of methoxy groups -OCH3 is 1. The summed E-state index contributed by atoms with van der Waals surface area (Å²) in [5.41, 5.74) is 5.84. The van der Waals surface area contributed by atoms with E-state index in [1.54, 1.807) is 23.0 Å². The molecule has 106 valence electrons. The lowest BCUT2D eigenvalue weighted by Crippen LogP contribution is -2.19. The number of nitrogens with zero attached hydrogens (tertiary/aromatic N) is 4. The standard InChI is InChI=1S/C12H21N5OS/c1-8(2)4-9(6-13)5-11-16-17-10(7-18-3)14-15-12(17)19-11/h8-9H,4-7,13H2,1-3H3. The van der Waals surface area contributed by atoms with Crippen molar-refractivity contribution in [2.24, 2.45) is 17.6 Å². The zero-order valence-electron chi connectivity index (χ0n) is 11.7. The van der Waals surface area contributed by atoms with Crippen LogP contribution in [0.5, 0.6) is 0 Å². The lowest BCUT2D eigenvalue weighted by molar-refractivity contribution is 0.176. The average Bonchev–Trinajstić information content (AvgIpc) is 2.90. The maximum atomic E-state index is 5.84. The molecular formula is C12H21N5OS. The van der Waals surface area contributed by atoms with Crippen LogP contribution in [0, 0.1) is 11.8 Å². The third-order valence-corrected chi connectivity index (χ3v) is 3.89. The van der Waals surface area contributed by atoms with Crippen LogP contribution in [-0.4, -0.2) is 33.5 Å². The average molecular weight is 283 g/mol. The highest BCUT2D eigenvalue weighted by Gasteiger charge is 2.16. The first-order valence-electron chi connectivity index (χ1n) is 6.53. The first-order chi connectivity index (χ1) is 9.13. The maximum Gasteiger partial charge on any atom is 0.234 e. The van der Waals surface area contributed by atoms with Gasteiger partial charge in [-0.3, -0.25) is 0 Å². The van der Waals surface area contributed by atoms with E-state index < -0.39 is 0 Å². The van der Waals surface area contributed by atoms with Crippen molar-refractivity contribution in [3.8, 4) is 0 Å². The largest absolute Gasteiger partial charge is 0.377 e. The van der Waals surface area contributed by atoms with Crippen LogP contribution in [0.15, 0.2) is 0 Å². The van der Waals surface area contributed by atoms with Crippen LogP contribution in [-0.2, 0) is 17.8 Å². The molecule has 0 aliphatic heterocycles. The molecule has 0 saturated carbocycles. The lowest BCUT2D eigenvalue weighted by atomic mass is 9.95. The van der Waals surface area contributed by atoms with Gasteiger partial charge in [-0.1, -0.05) is 25.2 Å². The van der Waals surface area contributed by atoms with E-state index in [1.165, 1.54) is 0 Å². The van der Waals surface area contributed by atoms with E-state index >= 15 is 0 Å². The minimum atomic E-state index is 0.427. The van der Waals surface area contributed by atoms with Crippen LogP contribution >= 0.6 is 11.3 Å². The van der Waals surface area contributed by atoms with Crippen LogP contribution in [0.4, 0.5) is 0 Å². The number of nitrogens with two attached hydrogens (primary N) is 1. The van der Waals surface area contributed by atoms with Gasteiger partial charge in [-0.15, -0.1) is 10.2 Å². The fraction of sp³-hybridized carbons (Fsp3) is 0.750. The van der Waals surface area contributed by atoms with Crippen molar-refractivity contribution < 1.29 is 4.74 Å². The van der Waals surface area contributed by atoms with E-state index in [2.05, 4.69) is 29.1 Å². The number of ether oxygens (including phenoxy) is 1. The first-order valence-corrected chi connectivity index (χ1v) is 7.34. The molecule has 2 aromatic rings.